The van der Waals surface area contributed by atoms with Crippen LogP contribution < -0.4 is 52.4 Å². The Labute approximate surface area is 633 Å². The van der Waals surface area contributed by atoms with Gasteiger partial charge < -0.3 is 19.6 Å². The molecule has 0 unspecified atom stereocenters. The molecule has 6 heteroatoms. The minimum atomic E-state index is -0.700. The Morgan fingerprint density at radius 2 is 0.561 bits per heavy atom. The molecule has 0 aromatic heterocycles. The molecule has 0 radical (unpaired) electrons. The molecule has 0 N–H and O–H groups in total. The van der Waals surface area contributed by atoms with Crippen molar-refractivity contribution in [3.05, 3.63) is 322 Å². The summed E-state index contributed by atoms with van der Waals surface area (Å²) in [7, 11) is 0. The van der Waals surface area contributed by atoms with Crippen LogP contribution in [0.4, 0.5) is 68.2 Å². The minimum Gasteiger partial charge on any atom is -0.311 e. The number of nitrogens with zero attached hydrogens (tertiary/aromatic N) is 4. The third-order valence-corrected chi connectivity index (χ3v) is 25.2. The Hall–Kier alpha value is -11.1. The van der Waals surface area contributed by atoms with Crippen LogP contribution in [0.5, 0.6) is 0 Å². The second kappa shape index (κ2) is 22.5. The standard InChI is InChI=1S/C101H90B2N4/c1-59-47-69(99(11,12)13)48-60(2)95(59)106-87-37-25-35-85-93(87)102(81-45-39-67(55-91(81)106)97(5,6)7)83-51-63-27-17-19-29-65(63)53-89(83)104(85)71-41-43-75-73-31-21-23-33-77(73)101(79(75)57-71)78-34-24-22-32-74(78)76-44-42-72(58-80(76)101)105-86-36-26-38-88-94(86)103(84-52-64-28-18-20-30-66(64)54-90(84)105)82-46-40-68(98(8,9)10)56-92(82)107(88)96-61(3)49-70(50-62(96)4)100(14,15)16/h17-58H,1-16H3. The van der Waals surface area contributed by atoms with Gasteiger partial charge in [0.15, 0.2) is 0 Å². The first-order chi connectivity index (χ1) is 51.2. The van der Waals surface area contributed by atoms with Gasteiger partial charge in [-0.15, -0.1) is 0 Å². The van der Waals surface area contributed by atoms with E-state index in [2.05, 4.69) is 385 Å². The maximum Gasteiger partial charge on any atom is 0.252 e. The van der Waals surface area contributed by atoms with E-state index in [0.29, 0.717) is 0 Å². The molecule has 0 saturated carbocycles. The first kappa shape index (κ1) is 65.4. The van der Waals surface area contributed by atoms with E-state index in [1.165, 1.54) is 200 Å². The third-order valence-electron chi connectivity index (χ3n) is 25.2. The highest BCUT2D eigenvalue weighted by atomic mass is 15.2. The average Bonchev–Trinajstić information content (AvgIpc) is 1.59. The topological polar surface area (TPSA) is 13.0 Å². The number of benzene rings is 14. The second-order valence-electron chi connectivity index (χ2n) is 35.9. The SMILES string of the molecule is Cc1cc(C(C)(C)C)cc(C)c1N1c2cc(C(C)(C)C)ccc2B2c3cc4ccccc4cc3N(c3ccc4c(c3)C3(c5ccccc5-4)c4ccccc4-c4ccc(N5c6cc7ccccc7cc6B6c7ccc(C(C)(C)C)cc7N(c7c(C)cc(C(C)(C)C)cc7C)c7cccc5c76)cc43)c3cccc1c32. The Bertz CT molecular complexity index is 5810. The zero-order valence-electron chi connectivity index (χ0n) is 64.7. The molecule has 520 valence electrons. The van der Waals surface area contributed by atoms with Crippen molar-refractivity contribution in [1.29, 1.82) is 0 Å². The fourth-order valence-electron chi connectivity index (χ4n) is 20.1. The Morgan fingerprint density at radius 1 is 0.243 bits per heavy atom. The lowest BCUT2D eigenvalue weighted by atomic mass is 9.33. The van der Waals surface area contributed by atoms with Gasteiger partial charge in [-0.25, -0.2) is 0 Å². The first-order valence-corrected chi connectivity index (χ1v) is 38.8. The number of hydrogen-bond acceptors (Lipinski definition) is 4. The number of rotatable bonds is 4. The molecule has 14 aromatic carbocycles. The highest BCUT2D eigenvalue weighted by Gasteiger charge is 2.54. The van der Waals surface area contributed by atoms with Gasteiger partial charge >= 0.3 is 0 Å². The summed E-state index contributed by atoms with van der Waals surface area (Å²) in [5.74, 6) is 0. The molecule has 14 aromatic rings. The lowest BCUT2D eigenvalue weighted by Crippen LogP contribution is -2.61. The van der Waals surface area contributed by atoms with E-state index < -0.39 is 5.41 Å². The highest BCUT2D eigenvalue weighted by Crippen LogP contribution is 2.65. The van der Waals surface area contributed by atoms with Crippen molar-refractivity contribution in [2.75, 3.05) is 19.6 Å². The Morgan fingerprint density at radius 3 is 0.925 bits per heavy atom. The maximum atomic E-state index is 2.65. The molecule has 0 amide bonds. The normalized spacial score (nSPS) is 14.7. The number of hydrogen-bond donors (Lipinski definition) is 0. The summed E-state index contributed by atoms with van der Waals surface area (Å²) in [6.07, 6.45) is 0. The third kappa shape index (κ3) is 9.30. The molecule has 1 spiro atoms. The Kier molecular flexibility index (Phi) is 13.8. The van der Waals surface area contributed by atoms with Gasteiger partial charge in [0.2, 0.25) is 0 Å². The van der Waals surface area contributed by atoms with Gasteiger partial charge in [0.1, 0.15) is 0 Å². The van der Waals surface area contributed by atoms with E-state index in [4.69, 9.17) is 0 Å². The van der Waals surface area contributed by atoms with E-state index >= 15 is 0 Å². The monoisotopic (exact) mass is 1380 g/mol. The van der Waals surface area contributed by atoms with Crippen molar-refractivity contribution in [1.82, 2.24) is 0 Å². The van der Waals surface area contributed by atoms with Crippen LogP contribution in [0.25, 0.3) is 43.8 Å². The summed E-state index contributed by atoms with van der Waals surface area (Å²) in [6, 6.07) is 101. The van der Waals surface area contributed by atoms with Crippen LogP contribution in [-0.2, 0) is 27.1 Å². The number of anilines is 12. The molecule has 4 aliphatic heterocycles. The van der Waals surface area contributed by atoms with Crippen LogP contribution in [0, 0.1) is 27.7 Å². The van der Waals surface area contributed by atoms with Gasteiger partial charge in [-0.3, -0.25) is 0 Å². The van der Waals surface area contributed by atoms with Crippen molar-refractivity contribution in [3.63, 3.8) is 0 Å². The van der Waals surface area contributed by atoms with E-state index in [0.717, 1.165) is 11.4 Å². The highest BCUT2D eigenvalue weighted by molar-refractivity contribution is 7.01. The summed E-state index contributed by atoms with van der Waals surface area (Å²) >= 11 is 0. The molecule has 4 nitrogen and oxygen atoms in total. The van der Waals surface area contributed by atoms with Crippen LogP contribution in [0.2, 0.25) is 0 Å². The van der Waals surface area contributed by atoms with E-state index in [-0.39, 0.29) is 35.1 Å². The van der Waals surface area contributed by atoms with Gasteiger partial charge in [0.25, 0.3) is 13.4 Å². The predicted molar refractivity (Wildman–Crippen MR) is 460 cm³/mol. The van der Waals surface area contributed by atoms with Gasteiger partial charge in [0, 0.05) is 56.9 Å². The smallest absolute Gasteiger partial charge is 0.252 e. The van der Waals surface area contributed by atoms with Crippen molar-refractivity contribution < 1.29 is 0 Å². The van der Waals surface area contributed by atoms with Gasteiger partial charge in [0.05, 0.1) is 16.8 Å². The van der Waals surface area contributed by atoms with Crippen LogP contribution in [0.3, 0.4) is 0 Å². The van der Waals surface area contributed by atoms with Crippen LogP contribution >= 0.6 is 0 Å². The van der Waals surface area contributed by atoms with Crippen molar-refractivity contribution >= 4 is 136 Å². The molecule has 6 aliphatic rings. The largest absolute Gasteiger partial charge is 0.311 e. The fourth-order valence-corrected chi connectivity index (χ4v) is 20.1. The average molecular weight is 1380 g/mol. The summed E-state index contributed by atoms with van der Waals surface area (Å²) in [5, 5.41) is 4.94. The molecule has 0 bridgehead atoms. The summed E-state index contributed by atoms with van der Waals surface area (Å²) in [5.41, 5.74) is 42.5. The zero-order chi connectivity index (χ0) is 73.6. The molecular weight excluding hydrogens is 1290 g/mol. The predicted octanol–water partition coefficient (Wildman–Crippen LogP) is 22.9. The molecule has 2 aliphatic carbocycles. The molecule has 0 fully saturated rings. The van der Waals surface area contributed by atoms with E-state index in [1.807, 2.05) is 0 Å². The Balaban J connectivity index is 0.821. The molecule has 4 heterocycles. The lowest BCUT2D eigenvalue weighted by Gasteiger charge is -2.45. The zero-order valence-corrected chi connectivity index (χ0v) is 64.7. The molecular formula is C101H90B2N4. The number of aryl methyl sites for hydroxylation is 4. The van der Waals surface area contributed by atoms with Crippen molar-refractivity contribution in [2.45, 2.75) is 138 Å². The summed E-state index contributed by atoms with van der Waals surface area (Å²) in [6.45, 7) is 37.4. The second-order valence-corrected chi connectivity index (χ2v) is 35.9. The quantitative estimate of drug-likeness (QED) is 0.163. The summed E-state index contributed by atoms with van der Waals surface area (Å²) < 4.78 is 0. The van der Waals surface area contributed by atoms with Gasteiger partial charge in [-0.05, 0) is 265 Å². The summed E-state index contributed by atoms with van der Waals surface area (Å²) in [4.78, 5) is 10.6. The number of fused-ring (bicyclic) bond motifs is 20. The molecule has 0 saturated heterocycles. The van der Waals surface area contributed by atoms with Gasteiger partial charge in [-0.2, -0.15) is 0 Å². The fraction of sp³-hybridized carbons (Fsp3) is 0.208. The lowest BCUT2D eigenvalue weighted by molar-refractivity contribution is 0.589. The maximum absolute atomic E-state index is 2.65. The van der Waals surface area contributed by atoms with Crippen LogP contribution in [0.1, 0.15) is 150 Å². The van der Waals surface area contributed by atoms with E-state index in [1.54, 1.807) is 0 Å². The minimum absolute atomic E-state index is 0.00696. The van der Waals surface area contributed by atoms with Crippen molar-refractivity contribution in [2.24, 2.45) is 0 Å². The van der Waals surface area contributed by atoms with E-state index in [9.17, 15) is 0 Å². The first-order valence-electron chi connectivity index (χ1n) is 38.8. The van der Waals surface area contributed by atoms with Crippen LogP contribution in [-0.4, -0.2) is 13.4 Å². The van der Waals surface area contributed by atoms with Crippen molar-refractivity contribution in [3.8, 4) is 22.3 Å². The molecule has 107 heavy (non-hydrogen) atoms. The van der Waals surface area contributed by atoms with Gasteiger partial charge in [-0.1, -0.05) is 265 Å². The van der Waals surface area contributed by atoms with Crippen LogP contribution in [0.15, 0.2) is 255 Å². The molecule has 20 rings (SSSR count). The molecule has 0 atom stereocenters.